The van der Waals surface area contributed by atoms with Crippen LogP contribution in [-0.4, -0.2) is 11.5 Å². The fraction of sp³-hybridized carbons (Fsp3) is 0.200. The van der Waals surface area contributed by atoms with E-state index in [0.29, 0.717) is 6.54 Å². The fourth-order valence-corrected chi connectivity index (χ4v) is 2.73. The van der Waals surface area contributed by atoms with Gasteiger partial charge in [-0.25, -0.2) is 4.39 Å². The molecule has 0 saturated carbocycles. The predicted octanol–water partition coefficient (Wildman–Crippen LogP) is 3.99. The molecule has 2 aromatic rings. The third kappa shape index (κ3) is 4.27. The number of nitrogens with one attached hydrogen (secondary N) is 1. The second-order valence-corrected chi connectivity index (χ2v) is 5.50. The molecule has 1 N–H and O–H groups in total. The maximum atomic E-state index is 13.3. The average Bonchev–Trinajstić information content (AvgIpc) is 2.48. The van der Waals surface area contributed by atoms with Crippen LogP contribution in [0.25, 0.3) is 0 Å². The predicted molar refractivity (Wildman–Crippen MR) is 81.0 cm³/mol. The number of hydrogen-bond donors (Lipinski definition) is 1. The van der Waals surface area contributed by atoms with E-state index in [-0.39, 0.29) is 11.5 Å². The maximum Gasteiger partial charge on any atom is 0.269 e. The molecule has 2 aromatic carbocycles. The minimum Gasteiger partial charge on any atom is -0.313 e. The van der Waals surface area contributed by atoms with Gasteiger partial charge in [-0.15, -0.1) is 0 Å². The van der Waals surface area contributed by atoms with E-state index in [1.54, 1.807) is 18.2 Å². The van der Waals surface area contributed by atoms with Crippen LogP contribution in [0.5, 0.6) is 0 Å². The Labute approximate surface area is 126 Å². The average molecular weight is 306 g/mol. The van der Waals surface area contributed by atoms with Crippen LogP contribution in [0, 0.1) is 15.9 Å². The van der Waals surface area contributed by atoms with Gasteiger partial charge in [-0.3, -0.25) is 10.1 Å². The Balaban J connectivity index is 2.19. The maximum absolute atomic E-state index is 13.3. The summed E-state index contributed by atoms with van der Waals surface area (Å²) < 4.78 is 13.3. The summed E-state index contributed by atoms with van der Waals surface area (Å²) in [4.78, 5) is 12.0. The monoisotopic (exact) mass is 306 g/mol. The summed E-state index contributed by atoms with van der Waals surface area (Å²) in [6.07, 6.45) is 0. The molecular formula is C15H15FN2O2S. The zero-order chi connectivity index (χ0) is 15.2. The van der Waals surface area contributed by atoms with Crippen molar-refractivity contribution in [2.45, 2.75) is 23.3 Å². The van der Waals surface area contributed by atoms with Crippen LogP contribution in [0.4, 0.5) is 10.1 Å². The molecule has 0 spiro atoms. The zero-order valence-electron chi connectivity index (χ0n) is 11.5. The van der Waals surface area contributed by atoms with Crippen molar-refractivity contribution in [3.8, 4) is 0 Å². The molecule has 0 unspecified atom stereocenters. The van der Waals surface area contributed by atoms with Gasteiger partial charge in [0.1, 0.15) is 5.82 Å². The Kier molecular flexibility index (Phi) is 5.30. The molecule has 0 bridgehead atoms. The Morgan fingerprint density at radius 1 is 1.24 bits per heavy atom. The van der Waals surface area contributed by atoms with Gasteiger partial charge in [0.05, 0.1) is 4.92 Å². The first-order chi connectivity index (χ1) is 10.1. The molecule has 0 aliphatic rings. The molecule has 0 aliphatic carbocycles. The van der Waals surface area contributed by atoms with Gasteiger partial charge in [0.2, 0.25) is 0 Å². The van der Waals surface area contributed by atoms with Crippen LogP contribution in [0.1, 0.15) is 12.5 Å². The molecule has 0 radical (unpaired) electrons. The fourth-order valence-electron chi connectivity index (χ4n) is 1.81. The first-order valence-electron chi connectivity index (χ1n) is 6.51. The molecule has 0 aromatic heterocycles. The van der Waals surface area contributed by atoms with Crippen molar-refractivity contribution < 1.29 is 9.31 Å². The number of benzene rings is 2. The van der Waals surface area contributed by atoms with E-state index in [2.05, 4.69) is 5.32 Å². The van der Waals surface area contributed by atoms with Crippen LogP contribution < -0.4 is 5.32 Å². The summed E-state index contributed by atoms with van der Waals surface area (Å²) >= 11 is 1.46. The SMILES string of the molecule is CCNCc1cc(F)ccc1Sc1ccc([N+](=O)[O-])cc1. The summed E-state index contributed by atoms with van der Waals surface area (Å²) in [5.74, 6) is -0.268. The molecule has 21 heavy (non-hydrogen) atoms. The van der Waals surface area contributed by atoms with E-state index in [9.17, 15) is 14.5 Å². The number of halogens is 1. The highest BCUT2D eigenvalue weighted by Gasteiger charge is 2.08. The highest BCUT2D eigenvalue weighted by Crippen LogP contribution is 2.32. The summed E-state index contributed by atoms with van der Waals surface area (Å²) in [6.45, 7) is 3.38. The molecule has 0 fully saturated rings. The Hall–Kier alpha value is -1.92. The Morgan fingerprint density at radius 2 is 1.95 bits per heavy atom. The number of nitrogens with zero attached hydrogens (tertiary/aromatic N) is 1. The highest BCUT2D eigenvalue weighted by molar-refractivity contribution is 7.99. The topological polar surface area (TPSA) is 55.2 Å². The largest absolute Gasteiger partial charge is 0.313 e. The number of nitro benzene ring substituents is 1. The minimum absolute atomic E-state index is 0.0614. The van der Waals surface area contributed by atoms with E-state index >= 15 is 0 Å². The van der Waals surface area contributed by atoms with E-state index in [1.165, 1.54) is 36.0 Å². The van der Waals surface area contributed by atoms with Crippen LogP contribution in [0.3, 0.4) is 0 Å². The van der Waals surface area contributed by atoms with Gasteiger partial charge in [0, 0.05) is 28.5 Å². The number of nitro groups is 1. The summed E-state index contributed by atoms with van der Waals surface area (Å²) in [5, 5.41) is 13.8. The number of non-ortho nitro benzene ring substituents is 1. The quantitative estimate of drug-likeness (QED) is 0.647. The lowest BCUT2D eigenvalue weighted by Gasteiger charge is -2.10. The first-order valence-corrected chi connectivity index (χ1v) is 7.33. The van der Waals surface area contributed by atoms with E-state index in [4.69, 9.17) is 0 Å². The molecule has 0 aliphatic heterocycles. The molecule has 6 heteroatoms. The third-order valence-corrected chi connectivity index (χ3v) is 3.99. The van der Waals surface area contributed by atoms with Crippen LogP contribution in [-0.2, 0) is 6.54 Å². The zero-order valence-corrected chi connectivity index (χ0v) is 12.3. The minimum atomic E-state index is -0.428. The normalized spacial score (nSPS) is 10.6. The van der Waals surface area contributed by atoms with E-state index in [1.807, 2.05) is 6.92 Å². The van der Waals surface area contributed by atoms with E-state index in [0.717, 1.165) is 21.9 Å². The lowest BCUT2D eigenvalue weighted by atomic mass is 10.2. The smallest absolute Gasteiger partial charge is 0.269 e. The van der Waals surface area contributed by atoms with Gasteiger partial charge in [-0.05, 0) is 42.4 Å². The van der Waals surface area contributed by atoms with Gasteiger partial charge >= 0.3 is 0 Å². The molecule has 0 saturated heterocycles. The first kappa shape index (κ1) is 15.5. The van der Waals surface area contributed by atoms with Crippen LogP contribution in [0.2, 0.25) is 0 Å². The Morgan fingerprint density at radius 3 is 2.57 bits per heavy atom. The van der Waals surface area contributed by atoms with Gasteiger partial charge in [-0.2, -0.15) is 0 Å². The number of hydrogen-bond acceptors (Lipinski definition) is 4. The third-order valence-electron chi connectivity index (χ3n) is 2.86. The van der Waals surface area contributed by atoms with Crippen molar-refractivity contribution in [2.75, 3.05) is 6.54 Å². The molecular weight excluding hydrogens is 291 g/mol. The van der Waals surface area contributed by atoms with Crippen molar-refractivity contribution in [1.29, 1.82) is 0 Å². The van der Waals surface area contributed by atoms with Crippen molar-refractivity contribution in [3.05, 3.63) is 64.0 Å². The lowest BCUT2D eigenvalue weighted by Crippen LogP contribution is -2.12. The molecule has 2 rings (SSSR count). The summed E-state index contributed by atoms with van der Waals surface area (Å²) in [7, 11) is 0. The van der Waals surface area contributed by atoms with Gasteiger partial charge in [0.15, 0.2) is 0 Å². The molecule has 0 amide bonds. The molecule has 0 atom stereocenters. The summed E-state index contributed by atoms with van der Waals surface area (Å²) in [6, 6.07) is 11.0. The van der Waals surface area contributed by atoms with E-state index < -0.39 is 4.92 Å². The second-order valence-electron chi connectivity index (χ2n) is 4.39. The van der Waals surface area contributed by atoms with Crippen molar-refractivity contribution >= 4 is 17.4 Å². The van der Waals surface area contributed by atoms with Crippen molar-refractivity contribution in [3.63, 3.8) is 0 Å². The van der Waals surface area contributed by atoms with Gasteiger partial charge < -0.3 is 5.32 Å². The van der Waals surface area contributed by atoms with Gasteiger partial charge in [0.25, 0.3) is 5.69 Å². The standard InChI is InChI=1S/C15H15FN2O2S/c1-2-17-10-11-9-12(16)3-8-15(11)21-14-6-4-13(5-7-14)18(19)20/h3-9,17H,2,10H2,1H3. The molecule has 110 valence electrons. The van der Waals surface area contributed by atoms with Gasteiger partial charge in [-0.1, -0.05) is 18.7 Å². The second kappa shape index (κ2) is 7.19. The van der Waals surface area contributed by atoms with Crippen molar-refractivity contribution in [1.82, 2.24) is 5.32 Å². The number of rotatable bonds is 6. The van der Waals surface area contributed by atoms with Crippen LogP contribution in [0.15, 0.2) is 52.3 Å². The highest BCUT2D eigenvalue weighted by atomic mass is 32.2. The van der Waals surface area contributed by atoms with Crippen LogP contribution >= 0.6 is 11.8 Å². The Bertz CT molecular complexity index is 632. The lowest BCUT2D eigenvalue weighted by molar-refractivity contribution is -0.384. The van der Waals surface area contributed by atoms with Crippen molar-refractivity contribution in [2.24, 2.45) is 0 Å². The summed E-state index contributed by atoms with van der Waals surface area (Å²) in [5.41, 5.74) is 0.937. The molecule has 0 heterocycles. The molecule has 4 nitrogen and oxygen atoms in total.